The molecule has 4 aromatic rings. The Balaban J connectivity index is 2.08. The number of hydrogen-bond donors (Lipinski definition) is 1. The van der Waals surface area contributed by atoms with Crippen LogP contribution in [0, 0.1) is 0 Å². The van der Waals surface area contributed by atoms with Crippen LogP contribution in [0.15, 0.2) is 73.1 Å². The summed E-state index contributed by atoms with van der Waals surface area (Å²) in [5, 5.41) is 10.7. The average Bonchev–Trinajstić information content (AvgIpc) is 3.22. The van der Waals surface area contributed by atoms with Gasteiger partial charge in [0, 0.05) is 41.6 Å². The van der Waals surface area contributed by atoms with Crippen LogP contribution in [0.5, 0.6) is 0 Å². The van der Waals surface area contributed by atoms with E-state index in [9.17, 15) is 9.90 Å². The summed E-state index contributed by atoms with van der Waals surface area (Å²) in [4.78, 5) is 11.9. The molecule has 4 nitrogen and oxygen atoms in total. The molecule has 0 bridgehead atoms. The van der Waals surface area contributed by atoms with Gasteiger partial charge in [0.15, 0.2) is 0 Å². The van der Waals surface area contributed by atoms with Gasteiger partial charge >= 0.3 is 5.97 Å². The maximum atomic E-state index is 11.9. The smallest absolute Gasteiger partial charge is 0.353 e. The molecular formula is C20H16N2O2. The lowest BCUT2D eigenvalue weighted by molar-refractivity contribution is 0.0688. The van der Waals surface area contributed by atoms with Gasteiger partial charge in [-0.05, 0) is 35.9 Å². The van der Waals surface area contributed by atoms with Gasteiger partial charge in [-0.1, -0.05) is 30.3 Å². The quantitative estimate of drug-likeness (QED) is 0.611. The first-order chi connectivity index (χ1) is 11.7. The molecule has 0 fully saturated rings. The predicted molar refractivity (Wildman–Crippen MR) is 94.6 cm³/mol. The van der Waals surface area contributed by atoms with Crippen LogP contribution in [0.2, 0.25) is 0 Å². The summed E-state index contributed by atoms with van der Waals surface area (Å²) in [5.74, 6) is -0.921. The Bertz CT molecular complexity index is 1030. The lowest BCUT2D eigenvalue weighted by Crippen LogP contribution is -2.05. The Morgan fingerprint density at radius 1 is 0.958 bits per heavy atom. The first kappa shape index (κ1) is 14.3. The molecular weight excluding hydrogens is 300 g/mol. The van der Waals surface area contributed by atoms with Crippen LogP contribution in [0.1, 0.15) is 10.5 Å². The third-order valence-electron chi connectivity index (χ3n) is 4.35. The summed E-state index contributed by atoms with van der Waals surface area (Å²) in [6.45, 7) is 0. The van der Waals surface area contributed by atoms with Crippen molar-refractivity contribution in [3.63, 3.8) is 0 Å². The molecule has 1 N–H and O–H groups in total. The molecule has 2 heterocycles. The third kappa shape index (κ3) is 2.12. The summed E-state index contributed by atoms with van der Waals surface area (Å²) in [7, 11) is 1.80. The van der Waals surface area contributed by atoms with Crippen molar-refractivity contribution in [2.45, 2.75) is 0 Å². The zero-order valence-electron chi connectivity index (χ0n) is 13.2. The fourth-order valence-corrected chi connectivity index (χ4v) is 3.25. The third-order valence-corrected chi connectivity index (χ3v) is 4.35. The Morgan fingerprint density at radius 2 is 1.67 bits per heavy atom. The zero-order chi connectivity index (χ0) is 16.7. The number of aryl methyl sites for hydroxylation is 1. The number of aromatic nitrogens is 2. The second-order valence-electron chi connectivity index (χ2n) is 5.75. The molecule has 0 saturated heterocycles. The fourth-order valence-electron chi connectivity index (χ4n) is 3.25. The minimum absolute atomic E-state index is 0.306. The van der Waals surface area contributed by atoms with E-state index in [1.165, 1.54) is 0 Å². The van der Waals surface area contributed by atoms with Crippen molar-refractivity contribution < 1.29 is 9.90 Å². The molecule has 2 aromatic heterocycles. The summed E-state index contributed by atoms with van der Waals surface area (Å²) in [6, 6.07) is 19.6. The van der Waals surface area contributed by atoms with Crippen LogP contribution in [0.4, 0.5) is 0 Å². The molecule has 0 spiro atoms. The minimum Gasteiger partial charge on any atom is -0.477 e. The maximum absolute atomic E-state index is 11.9. The number of carboxylic acids is 1. The zero-order valence-corrected chi connectivity index (χ0v) is 13.2. The monoisotopic (exact) mass is 316 g/mol. The molecule has 0 amide bonds. The summed E-state index contributed by atoms with van der Waals surface area (Å²) in [6.07, 6.45) is 3.95. The second-order valence-corrected chi connectivity index (χ2v) is 5.75. The molecule has 24 heavy (non-hydrogen) atoms. The second kappa shape index (κ2) is 5.42. The maximum Gasteiger partial charge on any atom is 0.353 e. The topological polar surface area (TPSA) is 47.2 Å². The number of aromatic carboxylic acids is 1. The molecule has 0 radical (unpaired) electrons. The number of nitrogens with zero attached hydrogens (tertiary/aromatic N) is 2. The van der Waals surface area contributed by atoms with E-state index in [1.807, 2.05) is 77.6 Å². The number of hydrogen-bond acceptors (Lipinski definition) is 1. The van der Waals surface area contributed by atoms with E-state index >= 15 is 0 Å². The first-order valence-corrected chi connectivity index (χ1v) is 7.71. The molecule has 0 saturated carbocycles. The van der Waals surface area contributed by atoms with E-state index in [0.717, 1.165) is 27.7 Å². The standard InChI is InChI=1S/C20H16N2O2/c1-21-17-10-9-15(22-11-5-6-12-22)13-16(17)18(19(21)20(23)24)14-7-3-2-4-8-14/h2-13H,1H3,(H,23,24). The highest BCUT2D eigenvalue weighted by Crippen LogP contribution is 2.35. The van der Waals surface area contributed by atoms with Crippen LogP contribution in [-0.2, 0) is 7.05 Å². The molecule has 0 aliphatic carbocycles. The summed E-state index contributed by atoms with van der Waals surface area (Å²) >= 11 is 0. The molecule has 0 aliphatic rings. The largest absolute Gasteiger partial charge is 0.477 e. The van der Waals surface area contributed by atoms with Gasteiger partial charge < -0.3 is 14.2 Å². The van der Waals surface area contributed by atoms with Gasteiger partial charge in [-0.15, -0.1) is 0 Å². The molecule has 4 heteroatoms. The van der Waals surface area contributed by atoms with Gasteiger partial charge in [-0.2, -0.15) is 0 Å². The van der Waals surface area contributed by atoms with Gasteiger partial charge in [0.05, 0.1) is 0 Å². The summed E-state index contributed by atoms with van der Waals surface area (Å²) < 4.78 is 3.76. The SMILES string of the molecule is Cn1c(C(=O)O)c(-c2ccccc2)c2cc(-n3cccc3)ccc21. The Morgan fingerprint density at radius 3 is 2.33 bits per heavy atom. The van der Waals surface area contributed by atoms with Gasteiger partial charge in [0.2, 0.25) is 0 Å². The van der Waals surface area contributed by atoms with Crippen molar-refractivity contribution >= 4 is 16.9 Å². The molecule has 0 unspecified atom stereocenters. The Labute approximate surface area is 139 Å². The number of carboxylic acid groups (broad SMARTS) is 1. The van der Waals surface area contributed by atoms with Crippen molar-refractivity contribution in [2.24, 2.45) is 7.05 Å². The van der Waals surface area contributed by atoms with E-state index in [4.69, 9.17) is 0 Å². The molecule has 2 aromatic carbocycles. The highest BCUT2D eigenvalue weighted by atomic mass is 16.4. The predicted octanol–water partition coefficient (Wildman–Crippen LogP) is 4.33. The fraction of sp³-hybridized carbons (Fsp3) is 0.0500. The molecule has 0 aliphatic heterocycles. The van der Waals surface area contributed by atoms with Crippen LogP contribution >= 0.6 is 0 Å². The van der Waals surface area contributed by atoms with Crippen molar-refractivity contribution in [3.05, 3.63) is 78.8 Å². The van der Waals surface area contributed by atoms with Crippen molar-refractivity contribution in [3.8, 4) is 16.8 Å². The Hall–Kier alpha value is -3.27. The average molecular weight is 316 g/mol. The highest BCUT2D eigenvalue weighted by Gasteiger charge is 2.22. The number of carbonyl (C=O) groups is 1. The van der Waals surface area contributed by atoms with E-state index in [-0.39, 0.29) is 0 Å². The van der Waals surface area contributed by atoms with Crippen LogP contribution in [0.3, 0.4) is 0 Å². The van der Waals surface area contributed by atoms with Gasteiger partial charge in [0.25, 0.3) is 0 Å². The van der Waals surface area contributed by atoms with Crippen LogP contribution in [0.25, 0.3) is 27.7 Å². The Kier molecular flexibility index (Phi) is 3.24. The summed E-state index contributed by atoms with van der Waals surface area (Å²) in [5.41, 5.74) is 3.88. The molecule has 0 atom stereocenters. The van der Waals surface area contributed by atoms with Crippen molar-refractivity contribution in [2.75, 3.05) is 0 Å². The van der Waals surface area contributed by atoms with E-state index in [0.29, 0.717) is 5.69 Å². The van der Waals surface area contributed by atoms with E-state index < -0.39 is 5.97 Å². The van der Waals surface area contributed by atoms with Crippen molar-refractivity contribution in [1.82, 2.24) is 9.13 Å². The number of fused-ring (bicyclic) bond motifs is 1. The first-order valence-electron chi connectivity index (χ1n) is 7.71. The molecule has 118 valence electrons. The number of rotatable bonds is 3. The lowest BCUT2D eigenvalue weighted by Gasteiger charge is -2.05. The number of benzene rings is 2. The van der Waals surface area contributed by atoms with Crippen LogP contribution < -0.4 is 0 Å². The van der Waals surface area contributed by atoms with Crippen molar-refractivity contribution in [1.29, 1.82) is 0 Å². The highest BCUT2D eigenvalue weighted by molar-refractivity contribution is 6.08. The minimum atomic E-state index is -0.921. The van der Waals surface area contributed by atoms with E-state index in [1.54, 1.807) is 11.6 Å². The van der Waals surface area contributed by atoms with E-state index in [2.05, 4.69) is 0 Å². The van der Waals surface area contributed by atoms with Gasteiger partial charge in [-0.3, -0.25) is 0 Å². The lowest BCUT2D eigenvalue weighted by atomic mass is 10.0. The molecule has 4 rings (SSSR count). The normalized spacial score (nSPS) is 11.0. The van der Waals surface area contributed by atoms with Crippen LogP contribution in [-0.4, -0.2) is 20.2 Å². The van der Waals surface area contributed by atoms with Gasteiger partial charge in [-0.25, -0.2) is 4.79 Å². The van der Waals surface area contributed by atoms with Gasteiger partial charge in [0.1, 0.15) is 5.69 Å².